The molecule has 1 aliphatic rings. The van der Waals surface area contributed by atoms with Gasteiger partial charge in [-0.3, -0.25) is 0 Å². The van der Waals surface area contributed by atoms with Crippen LogP contribution in [0.15, 0.2) is 0 Å². The number of carboxylic acid groups (broad SMARTS) is 1. The molecule has 0 aliphatic carbocycles. The smallest absolute Gasteiger partial charge is 0.338 e. The van der Waals surface area contributed by atoms with Crippen LogP contribution in [0, 0.1) is 5.92 Å². The minimum atomic E-state index is -1.67. The van der Waals surface area contributed by atoms with Crippen molar-refractivity contribution in [2.24, 2.45) is 5.92 Å². The van der Waals surface area contributed by atoms with Crippen LogP contribution >= 0.6 is 0 Å². The van der Waals surface area contributed by atoms with Gasteiger partial charge in [0.15, 0.2) is 6.17 Å². The van der Waals surface area contributed by atoms with E-state index in [4.69, 9.17) is 5.11 Å². The first-order chi connectivity index (χ1) is 5.61. The van der Waals surface area contributed by atoms with E-state index in [1.807, 2.05) is 7.05 Å². The summed E-state index contributed by atoms with van der Waals surface area (Å²) in [5, 5.41) is 8.41. The molecule has 0 radical (unpaired) electrons. The van der Waals surface area contributed by atoms with Crippen molar-refractivity contribution in [1.82, 2.24) is 4.90 Å². The molecular weight excluding hydrogens is 161 g/mol. The molecular formula is C8H14FNO2. The van der Waals surface area contributed by atoms with Gasteiger partial charge in [-0.05, 0) is 33.0 Å². The van der Waals surface area contributed by atoms with Gasteiger partial charge in [-0.2, -0.15) is 0 Å². The van der Waals surface area contributed by atoms with Crippen LogP contribution in [0.1, 0.15) is 12.8 Å². The van der Waals surface area contributed by atoms with Gasteiger partial charge in [0, 0.05) is 5.92 Å². The molecule has 1 heterocycles. The fourth-order valence-corrected chi connectivity index (χ4v) is 1.52. The molecule has 1 atom stereocenters. The maximum absolute atomic E-state index is 12.9. The Bertz CT molecular complexity index is 166. The van der Waals surface area contributed by atoms with Crippen LogP contribution in [0.25, 0.3) is 0 Å². The molecule has 4 heteroatoms. The minimum Gasteiger partial charge on any atom is -0.479 e. The predicted octanol–water partition coefficient (Wildman–Crippen LogP) is 0.751. The van der Waals surface area contributed by atoms with Crippen LogP contribution in [0.4, 0.5) is 4.39 Å². The van der Waals surface area contributed by atoms with E-state index >= 15 is 0 Å². The zero-order chi connectivity index (χ0) is 9.14. The third-order valence-corrected chi connectivity index (χ3v) is 2.41. The number of alkyl halides is 1. The highest BCUT2D eigenvalue weighted by molar-refractivity contribution is 5.72. The fourth-order valence-electron chi connectivity index (χ4n) is 1.52. The van der Waals surface area contributed by atoms with Crippen molar-refractivity contribution < 1.29 is 14.3 Å². The van der Waals surface area contributed by atoms with Crippen molar-refractivity contribution in [3.63, 3.8) is 0 Å². The summed E-state index contributed by atoms with van der Waals surface area (Å²) in [6.45, 7) is 1.61. The molecule has 70 valence electrons. The first-order valence-electron chi connectivity index (χ1n) is 4.16. The molecule has 0 amide bonds. The SMILES string of the molecule is CN1CCC(C(F)C(=O)O)CC1. The Morgan fingerprint density at radius 3 is 2.50 bits per heavy atom. The van der Waals surface area contributed by atoms with Crippen molar-refractivity contribution in [3.8, 4) is 0 Å². The lowest BCUT2D eigenvalue weighted by atomic mass is 9.92. The molecule has 0 aromatic carbocycles. The molecule has 1 saturated heterocycles. The van der Waals surface area contributed by atoms with Gasteiger partial charge in [0.1, 0.15) is 0 Å². The third-order valence-electron chi connectivity index (χ3n) is 2.41. The Labute approximate surface area is 71.2 Å². The number of piperidine rings is 1. The van der Waals surface area contributed by atoms with Crippen LogP contribution in [0.3, 0.4) is 0 Å². The van der Waals surface area contributed by atoms with E-state index < -0.39 is 12.1 Å². The normalized spacial score (nSPS) is 23.8. The molecule has 1 rings (SSSR count). The average Bonchev–Trinajstić information content (AvgIpc) is 2.04. The number of aliphatic carboxylic acids is 1. The molecule has 0 saturated carbocycles. The molecule has 0 spiro atoms. The molecule has 1 N–H and O–H groups in total. The van der Waals surface area contributed by atoms with Crippen molar-refractivity contribution in [1.29, 1.82) is 0 Å². The van der Waals surface area contributed by atoms with Crippen LogP contribution in [0.2, 0.25) is 0 Å². The summed E-state index contributed by atoms with van der Waals surface area (Å²) in [5.41, 5.74) is 0. The van der Waals surface area contributed by atoms with E-state index in [0.717, 1.165) is 13.1 Å². The van der Waals surface area contributed by atoms with Gasteiger partial charge in [-0.1, -0.05) is 0 Å². The highest BCUT2D eigenvalue weighted by atomic mass is 19.1. The van der Waals surface area contributed by atoms with Gasteiger partial charge in [0.05, 0.1) is 0 Å². The summed E-state index contributed by atoms with van der Waals surface area (Å²) in [7, 11) is 1.96. The van der Waals surface area contributed by atoms with Gasteiger partial charge in [0.25, 0.3) is 0 Å². The van der Waals surface area contributed by atoms with Crippen LogP contribution in [0.5, 0.6) is 0 Å². The largest absolute Gasteiger partial charge is 0.479 e. The van der Waals surface area contributed by atoms with E-state index in [1.54, 1.807) is 0 Å². The summed E-state index contributed by atoms with van der Waals surface area (Å²) in [6, 6.07) is 0. The van der Waals surface area contributed by atoms with Gasteiger partial charge >= 0.3 is 5.97 Å². The maximum atomic E-state index is 12.9. The Kier molecular flexibility index (Phi) is 3.03. The predicted molar refractivity (Wildman–Crippen MR) is 42.8 cm³/mol. The standard InChI is InChI=1S/C8H14FNO2/c1-10-4-2-6(3-5-10)7(9)8(11)12/h6-7H,2-5H2,1H3,(H,11,12). The number of carboxylic acids is 1. The van der Waals surface area contributed by atoms with Crippen molar-refractivity contribution in [3.05, 3.63) is 0 Å². The molecule has 12 heavy (non-hydrogen) atoms. The van der Waals surface area contributed by atoms with E-state index in [0.29, 0.717) is 12.8 Å². The highest BCUT2D eigenvalue weighted by Crippen LogP contribution is 2.21. The van der Waals surface area contributed by atoms with Gasteiger partial charge in [0.2, 0.25) is 0 Å². The highest BCUT2D eigenvalue weighted by Gasteiger charge is 2.29. The fraction of sp³-hybridized carbons (Fsp3) is 0.875. The van der Waals surface area contributed by atoms with E-state index in [9.17, 15) is 9.18 Å². The number of likely N-dealkylation sites (tertiary alicyclic amines) is 1. The molecule has 1 fully saturated rings. The molecule has 0 bridgehead atoms. The second-order valence-corrected chi connectivity index (χ2v) is 3.38. The summed E-state index contributed by atoms with van der Waals surface area (Å²) in [6.07, 6.45) is -0.354. The Morgan fingerprint density at radius 2 is 2.08 bits per heavy atom. The number of nitrogens with zero attached hydrogens (tertiary/aromatic N) is 1. The van der Waals surface area contributed by atoms with Crippen molar-refractivity contribution in [2.75, 3.05) is 20.1 Å². The molecule has 3 nitrogen and oxygen atoms in total. The first kappa shape index (κ1) is 9.45. The molecule has 0 aromatic rings. The Hall–Kier alpha value is -0.640. The van der Waals surface area contributed by atoms with Crippen LogP contribution in [-0.2, 0) is 4.79 Å². The van der Waals surface area contributed by atoms with Crippen LogP contribution < -0.4 is 0 Å². The average molecular weight is 175 g/mol. The van der Waals surface area contributed by atoms with E-state index in [-0.39, 0.29) is 5.92 Å². The maximum Gasteiger partial charge on any atom is 0.338 e. The van der Waals surface area contributed by atoms with E-state index in [2.05, 4.69) is 4.90 Å². The second-order valence-electron chi connectivity index (χ2n) is 3.38. The second kappa shape index (κ2) is 3.85. The summed E-state index contributed by atoms with van der Waals surface area (Å²) in [5.74, 6) is -1.59. The molecule has 1 aliphatic heterocycles. The van der Waals surface area contributed by atoms with Gasteiger partial charge in [-0.15, -0.1) is 0 Å². The summed E-state index contributed by atoms with van der Waals surface area (Å²) in [4.78, 5) is 12.4. The monoisotopic (exact) mass is 175 g/mol. The Balaban J connectivity index is 2.39. The Morgan fingerprint density at radius 1 is 1.58 bits per heavy atom. The quantitative estimate of drug-likeness (QED) is 0.673. The number of hydrogen-bond acceptors (Lipinski definition) is 2. The number of rotatable bonds is 2. The summed E-state index contributed by atoms with van der Waals surface area (Å²) >= 11 is 0. The van der Waals surface area contributed by atoms with Crippen molar-refractivity contribution >= 4 is 5.97 Å². The lowest BCUT2D eigenvalue weighted by molar-refractivity contribution is -0.145. The van der Waals surface area contributed by atoms with E-state index in [1.165, 1.54) is 0 Å². The lowest BCUT2D eigenvalue weighted by Crippen LogP contribution is -2.36. The van der Waals surface area contributed by atoms with Crippen LogP contribution in [-0.4, -0.2) is 42.3 Å². The topological polar surface area (TPSA) is 40.5 Å². The number of halogens is 1. The third kappa shape index (κ3) is 2.17. The van der Waals surface area contributed by atoms with Crippen molar-refractivity contribution in [2.45, 2.75) is 19.0 Å². The van der Waals surface area contributed by atoms with Gasteiger partial charge < -0.3 is 10.0 Å². The number of hydrogen-bond donors (Lipinski definition) is 1. The zero-order valence-electron chi connectivity index (χ0n) is 7.16. The minimum absolute atomic E-state index is 0.279. The molecule has 1 unspecified atom stereocenters. The number of carbonyl (C=O) groups is 1. The zero-order valence-corrected chi connectivity index (χ0v) is 7.16. The molecule has 0 aromatic heterocycles. The first-order valence-corrected chi connectivity index (χ1v) is 4.16. The summed E-state index contributed by atoms with van der Waals surface area (Å²) < 4.78 is 12.9. The van der Waals surface area contributed by atoms with Gasteiger partial charge in [-0.25, -0.2) is 9.18 Å². The lowest BCUT2D eigenvalue weighted by Gasteiger charge is -2.29.